The summed E-state index contributed by atoms with van der Waals surface area (Å²) in [5, 5.41) is 0.584. The van der Waals surface area contributed by atoms with Crippen molar-refractivity contribution in [3.63, 3.8) is 0 Å². The van der Waals surface area contributed by atoms with Crippen molar-refractivity contribution in [2.45, 2.75) is 13.5 Å². The fraction of sp³-hybridized carbons (Fsp3) is 0.103. The van der Waals surface area contributed by atoms with E-state index in [-0.39, 0.29) is 11.9 Å². The smallest absolute Gasteiger partial charge is 0.338 e. The third-order valence-electron chi connectivity index (χ3n) is 5.49. The van der Waals surface area contributed by atoms with Gasteiger partial charge in [-0.05, 0) is 66.7 Å². The Labute approximate surface area is 218 Å². The summed E-state index contributed by atoms with van der Waals surface area (Å²) in [7, 11) is 0. The second-order valence-electron chi connectivity index (χ2n) is 8.10. The van der Waals surface area contributed by atoms with Gasteiger partial charge in [0.1, 0.15) is 11.5 Å². The standard InChI is InChI=1S/C29H23N3O4S/c1-2-35-28(34)22-10-6-9-21(16-22)25-14-13-24(36-25)17-26-27(33)32(19-20-8-7-15-30-18-20)29(37-26)31-23-11-4-3-5-12-23/h3-18H,2,19H2,1H3/b26-17+,31-29?. The van der Waals surface area contributed by atoms with Gasteiger partial charge < -0.3 is 9.15 Å². The number of pyridine rings is 1. The van der Waals surface area contributed by atoms with E-state index in [1.54, 1.807) is 54.6 Å². The van der Waals surface area contributed by atoms with Crippen molar-refractivity contribution >= 4 is 40.6 Å². The van der Waals surface area contributed by atoms with Crippen LogP contribution in [0.25, 0.3) is 17.4 Å². The Bertz CT molecular complexity index is 1480. The lowest BCUT2D eigenvalue weighted by Gasteiger charge is -2.15. The lowest BCUT2D eigenvalue weighted by atomic mass is 10.1. The zero-order chi connectivity index (χ0) is 25.6. The van der Waals surface area contributed by atoms with Crippen LogP contribution < -0.4 is 0 Å². The molecule has 0 atom stereocenters. The monoisotopic (exact) mass is 509 g/mol. The summed E-state index contributed by atoms with van der Waals surface area (Å²) in [6.07, 6.45) is 5.16. The van der Waals surface area contributed by atoms with Gasteiger partial charge in [0.15, 0.2) is 5.17 Å². The number of furan rings is 1. The maximum absolute atomic E-state index is 13.4. The van der Waals surface area contributed by atoms with Gasteiger partial charge in [-0.25, -0.2) is 9.79 Å². The van der Waals surface area contributed by atoms with Crippen molar-refractivity contribution in [3.05, 3.63) is 113 Å². The molecule has 1 saturated heterocycles. The minimum atomic E-state index is -0.384. The van der Waals surface area contributed by atoms with Gasteiger partial charge in [0.05, 0.1) is 29.3 Å². The van der Waals surface area contributed by atoms with Crippen LogP contribution in [0.15, 0.2) is 106 Å². The molecule has 1 aliphatic rings. The number of aromatic nitrogens is 1. The summed E-state index contributed by atoms with van der Waals surface area (Å²) in [6, 6.07) is 24.0. The average Bonchev–Trinajstić information content (AvgIpc) is 3.51. The first kappa shape index (κ1) is 24.3. The van der Waals surface area contributed by atoms with Crippen LogP contribution >= 0.6 is 11.8 Å². The Hall–Kier alpha value is -4.43. The maximum Gasteiger partial charge on any atom is 0.338 e. The van der Waals surface area contributed by atoms with Crippen molar-refractivity contribution < 1.29 is 18.7 Å². The van der Waals surface area contributed by atoms with E-state index < -0.39 is 0 Å². The molecule has 8 heteroatoms. The number of aliphatic imine (C=N–C) groups is 1. The van der Waals surface area contributed by atoms with E-state index in [1.165, 1.54) is 11.8 Å². The predicted octanol–water partition coefficient (Wildman–Crippen LogP) is 6.32. The molecule has 2 aromatic carbocycles. The third-order valence-corrected chi connectivity index (χ3v) is 6.50. The minimum Gasteiger partial charge on any atom is -0.462 e. The Balaban J connectivity index is 1.43. The van der Waals surface area contributed by atoms with Crippen molar-refractivity contribution in [1.29, 1.82) is 0 Å². The van der Waals surface area contributed by atoms with E-state index in [0.717, 1.165) is 16.8 Å². The number of carbonyl (C=O) groups is 2. The molecule has 37 heavy (non-hydrogen) atoms. The van der Waals surface area contributed by atoms with Gasteiger partial charge in [0.2, 0.25) is 0 Å². The fourth-order valence-corrected chi connectivity index (χ4v) is 4.72. The number of amidine groups is 1. The Kier molecular flexibility index (Phi) is 7.28. The number of benzene rings is 2. The lowest BCUT2D eigenvalue weighted by Crippen LogP contribution is -2.28. The van der Waals surface area contributed by atoms with Crippen LogP contribution in [0.3, 0.4) is 0 Å². The van der Waals surface area contributed by atoms with Gasteiger partial charge >= 0.3 is 5.97 Å². The van der Waals surface area contributed by atoms with E-state index in [1.807, 2.05) is 54.6 Å². The molecule has 1 fully saturated rings. The molecule has 1 amide bonds. The van der Waals surface area contributed by atoms with Crippen LogP contribution in [0.1, 0.15) is 28.6 Å². The van der Waals surface area contributed by atoms with Crippen molar-refractivity contribution in [3.8, 4) is 11.3 Å². The van der Waals surface area contributed by atoms with E-state index in [0.29, 0.717) is 40.3 Å². The Morgan fingerprint density at radius 3 is 2.73 bits per heavy atom. The molecule has 2 aromatic heterocycles. The molecule has 3 heterocycles. The SMILES string of the molecule is CCOC(=O)c1cccc(-c2ccc(/C=C3/SC(=Nc4ccccc4)N(Cc4cccnc4)C3=O)o2)c1. The fourth-order valence-electron chi connectivity index (χ4n) is 3.75. The number of hydrogen-bond donors (Lipinski definition) is 0. The van der Waals surface area contributed by atoms with Crippen LogP contribution in [-0.2, 0) is 16.1 Å². The number of thioether (sulfide) groups is 1. The topological polar surface area (TPSA) is 85.0 Å². The highest BCUT2D eigenvalue weighted by molar-refractivity contribution is 8.18. The lowest BCUT2D eigenvalue weighted by molar-refractivity contribution is -0.122. The van der Waals surface area contributed by atoms with Crippen LogP contribution in [0.2, 0.25) is 0 Å². The Morgan fingerprint density at radius 2 is 1.95 bits per heavy atom. The number of esters is 1. The highest BCUT2D eigenvalue weighted by Gasteiger charge is 2.34. The average molecular weight is 510 g/mol. The summed E-state index contributed by atoms with van der Waals surface area (Å²) in [5.41, 5.74) is 2.85. The van der Waals surface area contributed by atoms with E-state index in [2.05, 4.69) is 4.98 Å². The Morgan fingerprint density at radius 1 is 1.08 bits per heavy atom. The molecule has 7 nitrogen and oxygen atoms in total. The van der Waals surface area contributed by atoms with Crippen LogP contribution in [0, 0.1) is 0 Å². The zero-order valence-corrected chi connectivity index (χ0v) is 20.9. The quantitative estimate of drug-likeness (QED) is 0.214. The van der Waals surface area contributed by atoms with E-state index in [9.17, 15) is 9.59 Å². The van der Waals surface area contributed by atoms with Gasteiger partial charge in [-0.1, -0.05) is 36.4 Å². The predicted molar refractivity (Wildman–Crippen MR) is 144 cm³/mol. The van der Waals surface area contributed by atoms with E-state index >= 15 is 0 Å². The van der Waals surface area contributed by atoms with Gasteiger partial charge in [-0.15, -0.1) is 0 Å². The summed E-state index contributed by atoms with van der Waals surface area (Å²) in [5.74, 6) is 0.560. The van der Waals surface area contributed by atoms with Crippen molar-refractivity contribution in [2.24, 2.45) is 4.99 Å². The maximum atomic E-state index is 13.4. The molecule has 184 valence electrons. The van der Waals surface area contributed by atoms with Crippen molar-refractivity contribution in [1.82, 2.24) is 9.88 Å². The summed E-state index contributed by atoms with van der Waals surface area (Å²) in [4.78, 5) is 36.5. The highest BCUT2D eigenvalue weighted by Crippen LogP contribution is 2.36. The first-order valence-electron chi connectivity index (χ1n) is 11.7. The molecule has 0 aliphatic carbocycles. The molecule has 0 N–H and O–H groups in total. The van der Waals surface area contributed by atoms with Gasteiger partial charge in [0.25, 0.3) is 5.91 Å². The molecule has 0 saturated carbocycles. The number of carbonyl (C=O) groups excluding carboxylic acids is 2. The molecule has 0 radical (unpaired) electrons. The second kappa shape index (κ2) is 11.1. The number of rotatable bonds is 7. The van der Waals surface area contributed by atoms with Crippen molar-refractivity contribution in [2.75, 3.05) is 6.61 Å². The molecule has 0 unspecified atom stereocenters. The highest BCUT2D eigenvalue weighted by atomic mass is 32.2. The minimum absolute atomic E-state index is 0.161. The van der Waals surface area contributed by atoms with Gasteiger partial charge in [0, 0.05) is 24.0 Å². The van der Waals surface area contributed by atoms with Gasteiger partial charge in [-0.3, -0.25) is 14.7 Å². The summed E-state index contributed by atoms with van der Waals surface area (Å²) >= 11 is 1.30. The molecular formula is C29H23N3O4S. The number of ether oxygens (including phenoxy) is 1. The zero-order valence-electron chi connectivity index (χ0n) is 20.0. The molecule has 1 aliphatic heterocycles. The first-order chi connectivity index (χ1) is 18.1. The largest absolute Gasteiger partial charge is 0.462 e. The van der Waals surface area contributed by atoms with Crippen LogP contribution in [-0.4, -0.2) is 33.5 Å². The first-order valence-corrected chi connectivity index (χ1v) is 12.5. The molecule has 4 aromatic rings. The summed E-state index contributed by atoms with van der Waals surface area (Å²) < 4.78 is 11.1. The van der Waals surface area contributed by atoms with Crippen LogP contribution in [0.5, 0.6) is 0 Å². The normalized spacial score (nSPS) is 15.5. The number of amides is 1. The third kappa shape index (κ3) is 5.70. The molecule has 0 bridgehead atoms. The number of hydrogen-bond acceptors (Lipinski definition) is 7. The molecular weight excluding hydrogens is 486 g/mol. The van der Waals surface area contributed by atoms with E-state index in [4.69, 9.17) is 14.1 Å². The van der Waals surface area contributed by atoms with Gasteiger partial charge in [-0.2, -0.15) is 0 Å². The second-order valence-corrected chi connectivity index (χ2v) is 9.11. The summed E-state index contributed by atoms with van der Waals surface area (Å²) in [6.45, 7) is 2.43. The number of nitrogens with zero attached hydrogens (tertiary/aromatic N) is 3. The molecule has 5 rings (SSSR count). The molecule has 0 spiro atoms. The number of para-hydroxylation sites is 1. The van der Waals surface area contributed by atoms with Crippen LogP contribution in [0.4, 0.5) is 5.69 Å².